The van der Waals surface area contributed by atoms with Gasteiger partial charge in [0, 0.05) is 66.9 Å². The molecule has 4 rings (SSSR count). The van der Waals surface area contributed by atoms with Crippen LogP contribution in [0.3, 0.4) is 0 Å². The van der Waals surface area contributed by atoms with Crippen LogP contribution in [0.5, 0.6) is 0 Å². The van der Waals surface area contributed by atoms with Gasteiger partial charge in [-0.05, 0) is 62.1 Å². The predicted molar refractivity (Wildman–Crippen MR) is 163 cm³/mol. The van der Waals surface area contributed by atoms with Gasteiger partial charge < -0.3 is 30.0 Å². The SMILES string of the molecule is CC(C)CC(NC(=O)[C@@H]1CNCC(C)C1)C(=O)N(C)C.COCCCn1cc(CN(O)C2CC2)c2ccccc21.[HH].[HH]. The summed E-state index contributed by atoms with van der Waals surface area (Å²) in [6.07, 6.45) is 6.97. The summed E-state index contributed by atoms with van der Waals surface area (Å²) in [6, 6.07) is 8.36. The normalized spacial score (nSPS) is 19.8. The number of hydrogen-bond acceptors (Lipinski definition) is 6. The second-order valence-electron chi connectivity index (χ2n) is 12.2. The molecule has 2 aromatic rings. The van der Waals surface area contributed by atoms with Crippen molar-refractivity contribution in [3.8, 4) is 0 Å². The number of piperidine rings is 1. The molecule has 0 radical (unpaired) electrons. The largest absolute Gasteiger partial charge is 0.385 e. The Labute approximate surface area is 243 Å². The fraction of sp³-hybridized carbons (Fsp3) is 0.677. The molecule has 228 valence electrons. The van der Waals surface area contributed by atoms with Gasteiger partial charge in [0.15, 0.2) is 0 Å². The molecule has 9 heteroatoms. The second-order valence-corrected chi connectivity index (χ2v) is 12.2. The van der Waals surface area contributed by atoms with Gasteiger partial charge >= 0.3 is 0 Å². The number of hydroxylamine groups is 2. The first kappa shape index (κ1) is 32.1. The molecule has 40 heavy (non-hydrogen) atoms. The number of ether oxygens (including phenoxy) is 1. The van der Waals surface area contributed by atoms with Crippen LogP contribution in [0.15, 0.2) is 30.5 Å². The van der Waals surface area contributed by atoms with Crippen LogP contribution >= 0.6 is 0 Å². The lowest BCUT2D eigenvalue weighted by Crippen LogP contribution is -2.51. The molecule has 1 aromatic heterocycles. The molecular weight excluding hydrogens is 506 g/mol. The van der Waals surface area contributed by atoms with Crippen LogP contribution in [0.1, 0.15) is 61.3 Å². The Morgan fingerprint density at radius 1 is 1.23 bits per heavy atom. The van der Waals surface area contributed by atoms with Crippen molar-refractivity contribution in [1.29, 1.82) is 0 Å². The third kappa shape index (κ3) is 9.58. The Balaban J connectivity index is 0.000000401. The fourth-order valence-electron chi connectivity index (χ4n) is 5.34. The Hall–Kier alpha value is -2.46. The molecule has 1 saturated heterocycles. The number of nitrogens with one attached hydrogen (secondary N) is 2. The van der Waals surface area contributed by atoms with Crippen molar-refractivity contribution >= 4 is 22.7 Å². The number of benzene rings is 1. The van der Waals surface area contributed by atoms with Gasteiger partial charge in [-0.2, -0.15) is 5.06 Å². The van der Waals surface area contributed by atoms with E-state index in [0.717, 1.165) is 45.4 Å². The summed E-state index contributed by atoms with van der Waals surface area (Å²) in [4.78, 5) is 26.0. The number of carbonyl (C=O) groups is 2. The molecule has 3 atom stereocenters. The summed E-state index contributed by atoms with van der Waals surface area (Å²) in [5, 5.41) is 19.0. The van der Waals surface area contributed by atoms with Gasteiger partial charge in [-0.25, -0.2) is 0 Å². The number of rotatable bonds is 12. The number of amides is 2. The first-order valence-electron chi connectivity index (χ1n) is 14.8. The number of hydrogen-bond donors (Lipinski definition) is 3. The summed E-state index contributed by atoms with van der Waals surface area (Å²) < 4.78 is 7.39. The van der Waals surface area contributed by atoms with Gasteiger partial charge in [0.2, 0.25) is 11.8 Å². The Bertz CT molecular complexity index is 1090. The highest BCUT2D eigenvalue weighted by Crippen LogP contribution is 2.29. The monoisotopic (exact) mass is 561 g/mol. The van der Waals surface area contributed by atoms with Gasteiger partial charge in [0.25, 0.3) is 0 Å². The van der Waals surface area contributed by atoms with Gasteiger partial charge in [-0.15, -0.1) is 0 Å². The maximum Gasteiger partial charge on any atom is 0.244 e. The number of aryl methyl sites for hydroxylation is 1. The molecule has 3 N–H and O–H groups in total. The molecule has 2 heterocycles. The van der Waals surface area contributed by atoms with E-state index in [0.29, 0.717) is 37.4 Å². The molecular formula is C31H55N5O4. The van der Waals surface area contributed by atoms with Gasteiger partial charge in [0.1, 0.15) is 6.04 Å². The molecule has 2 amide bonds. The zero-order chi connectivity index (χ0) is 29.2. The fourth-order valence-corrected chi connectivity index (χ4v) is 5.34. The van der Waals surface area contributed by atoms with E-state index in [4.69, 9.17) is 4.74 Å². The molecule has 1 saturated carbocycles. The average molecular weight is 562 g/mol. The standard InChI is InChI=1S/C16H22N2O2.C15H29N3O2.2H2/c1-20-10-4-9-17-11-13(12-18(19)14-7-8-14)15-5-2-3-6-16(15)17;1-10(2)6-13(15(20)18(4)5)17-14(19)12-7-11(3)8-16-9-12;;/h2-3,5-6,11,14,19H,4,7-10,12H2,1H3;10-13,16H,6-9H2,1-5H3,(H,17,19);2*1H/t;11?,12-,13?;;/m.0../s1. The molecule has 0 spiro atoms. The molecule has 2 fully saturated rings. The van der Waals surface area contributed by atoms with Crippen molar-refractivity contribution in [2.45, 2.75) is 78.0 Å². The molecule has 1 aromatic carbocycles. The van der Waals surface area contributed by atoms with Crippen molar-refractivity contribution in [1.82, 2.24) is 25.2 Å². The molecule has 1 aliphatic carbocycles. The van der Waals surface area contributed by atoms with Gasteiger partial charge in [0.05, 0.1) is 12.5 Å². The minimum absolute atomic E-state index is 0. The Kier molecular flexibility index (Phi) is 12.4. The van der Waals surface area contributed by atoms with Crippen molar-refractivity contribution in [2.75, 3.05) is 40.9 Å². The summed E-state index contributed by atoms with van der Waals surface area (Å²) in [6.45, 7) is 10.3. The highest BCUT2D eigenvalue weighted by Gasteiger charge is 2.30. The number of likely N-dealkylation sites (N-methyl/N-ethyl adjacent to an activating group) is 1. The topological polar surface area (TPSA) is 99.1 Å². The zero-order valence-corrected chi connectivity index (χ0v) is 25.4. The van der Waals surface area contributed by atoms with Crippen LogP contribution in [-0.4, -0.2) is 84.5 Å². The zero-order valence-electron chi connectivity index (χ0n) is 25.4. The maximum atomic E-state index is 12.3. The van der Waals surface area contributed by atoms with E-state index < -0.39 is 6.04 Å². The third-order valence-corrected chi connectivity index (χ3v) is 7.62. The van der Waals surface area contributed by atoms with Gasteiger partial charge in [-0.1, -0.05) is 39.0 Å². The quantitative estimate of drug-likeness (QED) is 0.263. The molecule has 2 unspecified atom stereocenters. The van der Waals surface area contributed by atoms with E-state index in [1.807, 2.05) is 0 Å². The van der Waals surface area contributed by atoms with Crippen LogP contribution in [0.25, 0.3) is 10.9 Å². The number of nitrogens with zero attached hydrogens (tertiary/aromatic N) is 3. The average Bonchev–Trinajstić information content (AvgIpc) is 3.72. The van der Waals surface area contributed by atoms with E-state index >= 15 is 0 Å². The van der Waals surface area contributed by atoms with Crippen molar-refractivity contribution < 1.29 is 22.4 Å². The lowest BCUT2D eigenvalue weighted by atomic mass is 9.90. The van der Waals surface area contributed by atoms with E-state index in [-0.39, 0.29) is 20.6 Å². The summed E-state index contributed by atoms with van der Waals surface area (Å²) >= 11 is 0. The molecule has 2 aliphatic rings. The number of carbonyl (C=O) groups excluding carboxylic acids is 2. The first-order valence-corrected chi connectivity index (χ1v) is 14.8. The molecule has 9 nitrogen and oxygen atoms in total. The van der Waals surface area contributed by atoms with Crippen LogP contribution in [-0.2, 0) is 27.4 Å². The van der Waals surface area contributed by atoms with E-state index in [2.05, 4.69) is 66.4 Å². The van der Waals surface area contributed by atoms with E-state index in [1.165, 1.54) is 21.5 Å². The summed E-state index contributed by atoms with van der Waals surface area (Å²) in [5.41, 5.74) is 2.44. The first-order chi connectivity index (χ1) is 19.1. The third-order valence-electron chi connectivity index (χ3n) is 7.62. The van der Waals surface area contributed by atoms with Crippen molar-refractivity contribution in [2.24, 2.45) is 17.8 Å². The number of methoxy groups -OCH3 is 1. The second kappa shape index (κ2) is 15.5. The summed E-state index contributed by atoms with van der Waals surface area (Å²) in [7, 11) is 5.19. The van der Waals surface area contributed by atoms with Gasteiger partial charge in [-0.3, -0.25) is 9.59 Å². The van der Waals surface area contributed by atoms with Crippen LogP contribution in [0.4, 0.5) is 0 Å². The van der Waals surface area contributed by atoms with Crippen LogP contribution in [0, 0.1) is 17.8 Å². The smallest absolute Gasteiger partial charge is 0.244 e. The minimum Gasteiger partial charge on any atom is -0.385 e. The summed E-state index contributed by atoms with van der Waals surface area (Å²) in [5.74, 6) is 0.831. The lowest BCUT2D eigenvalue weighted by Gasteiger charge is -2.29. The highest BCUT2D eigenvalue weighted by atomic mass is 16.5. The molecule has 1 aliphatic heterocycles. The maximum absolute atomic E-state index is 12.3. The minimum atomic E-state index is -0.408. The van der Waals surface area contributed by atoms with E-state index in [9.17, 15) is 14.8 Å². The van der Waals surface area contributed by atoms with Crippen LogP contribution < -0.4 is 10.6 Å². The predicted octanol–water partition coefficient (Wildman–Crippen LogP) is 4.37. The van der Waals surface area contributed by atoms with E-state index in [1.54, 1.807) is 26.1 Å². The Morgan fingerprint density at radius 3 is 2.58 bits per heavy atom. The number of fused-ring (bicyclic) bond motifs is 1. The van der Waals surface area contributed by atoms with Crippen molar-refractivity contribution in [3.05, 3.63) is 36.0 Å². The number of para-hydroxylation sites is 1. The van der Waals surface area contributed by atoms with Crippen LogP contribution in [0.2, 0.25) is 0 Å². The van der Waals surface area contributed by atoms with Crippen molar-refractivity contribution in [3.63, 3.8) is 0 Å². The number of aromatic nitrogens is 1. The Morgan fingerprint density at radius 2 is 1.95 bits per heavy atom. The highest BCUT2D eigenvalue weighted by molar-refractivity contribution is 5.88. The molecule has 0 bridgehead atoms. The lowest BCUT2D eigenvalue weighted by molar-refractivity contribution is -0.136.